The molecular weight excluding hydrogens is 348 g/mol. The van der Waals surface area contributed by atoms with Crippen molar-refractivity contribution >= 4 is 29.3 Å². The summed E-state index contributed by atoms with van der Waals surface area (Å²) in [4.78, 5) is 12.5. The smallest absolute Gasteiger partial charge is 0.353 e. The molecule has 1 heterocycles. The Morgan fingerprint density at radius 2 is 1.54 bits per heavy atom. The minimum absolute atomic E-state index is 0.102. The minimum Gasteiger partial charge on any atom is -0.507 e. The van der Waals surface area contributed by atoms with Crippen LogP contribution in [0.5, 0.6) is 5.75 Å². The number of phenols is 1. The van der Waals surface area contributed by atoms with Gasteiger partial charge in [-0.3, -0.25) is 0 Å². The van der Waals surface area contributed by atoms with Gasteiger partial charge in [0.25, 0.3) is 0 Å². The first kappa shape index (κ1) is 19.2. The highest BCUT2D eigenvalue weighted by Gasteiger charge is 2.33. The predicted octanol–water partition coefficient (Wildman–Crippen LogP) is 4.40. The van der Waals surface area contributed by atoms with Crippen LogP contribution in [-0.2, 0) is 20.4 Å². The van der Waals surface area contributed by atoms with E-state index in [-0.39, 0.29) is 26.5 Å². The van der Waals surface area contributed by atoms with Crippen LogP contribution in [0.3, 0.4) is 0 Å². The first-order valence-electron chi connectivity index (χ1n) is 7.67. The molecular formula is C18H23ClO4S. The normalized spacial score (nSPS) is 19.0. The van der Waals surface area contributed by atoms with Crippen LogP contribution in [0.4, 0.5) is 0 Å². The summed E-state index contributed by atoms with van der Waals surface area (Å²) in [6, 6.07) is 3.73. The molecule has 2 N–H and O–H groups in total. The molecule has 0 saturated heterocycles. The van der Waals surface area contributed by atoms with Crippen molar-refractivity contribution < 1.29 is 19.7 Å². The average Bonchev–Trinajstić information content (AvgIpc) is 2.64. The Labute approximate surface area is 151 Å². The van der Waals surface area contributed by atoms with Crippen molar-refractivity contribution in [1.29, 1.82) is 0 Å². The number of aromatic hydroxyl groups is 1. The van der Waals surface area contributed by atoms with Crippen molar-refractivity contribution in [2.75, 3.05) is 0 Å². The number of esters is 1. The monoisotopic (exact) mass is 370 g/mol. The van der Waals surface area contributed by atoms with Crippen LogP contribution in [0, 0.1) is 0 Å². The Balaban J connectivity index is 2.58. The number of carbonyl (C=O) groups excluding carboxylic acids is 1. The second kappa shape index (κ2) is 6.28. The van der Waals surface area contributed by atoms with Gasteiger partial charge in [0.1, 0.15) is 10.8 Å². The summed E-state index contributed by atoms with van der Waals surface area (Å²) in [6.07, 6.45) is -1.35. The second-order valence-electron chi connectivity index (χ2n) is 7.90. The third kappa shape index (κ3) is 3.73. The highest BCUT2D eigenvalue weighted by atomic mass is 35.5. The maximum absolute atomic E-state index is 11.5. The van der Waals surface area contributed by atoms with E-state index in [1.54, 1.807) is 0 Å². The van der Waals surface area contributed by atoms with E-state index in [9.17, 15) is 15.0 Å². The number of carbonyl (C=O) groups is 1. The molecule has 0 aromatic heterocycles. The maximum Gasteiger partial charge on any atom is 0.353 e. The first-order chi connectivity index (χ1) is 10.8. The van der Waals surface area contributed by atoms with Gasteiger partial charge < -0.3 is 14.9 Å². The molecule has 0 spiro atoms. The molecule has 1 aromatic carbocycles. The molecule has 0 saturated carbocycles. The number of thioether (sulfide) groups is 1. The maximum atomic E-state index is 11.5. The van der Waals surface area contributed by atoms with E-state index in [1.807, 2.05) is 53.7 Å². The van der Waals surface area contributed by atoms with Crippen molar-refractivity contribution in [2.24, 2.45) is 0 Å². The Kier molecular flexibility index (Phi) is 5.01. The van der Waals surface area contributed by atoms with E-state index in [0.717, 1.165) is 16.0 Å². The molecule has 0 amide bonds. The van der Waals surface area contributed by atoms with Gasteiger partial charge in [-0.2, -0.15) is 0 Å². The van der Waals surface area contributed by atoms with Crippen LogP contribution in [0.2, 0.25) is 0 Å². The summed E-state index contributed by atoms with van der Waals surface area (Å²) in [5.74, 6) is -0.448. The molecule has 2 rings (SSSR count). The molecule has 132 valence electrons. The van der Waals surface area contributed by atoms with Gasteiger partial charge in [0, 0.05) is 16.0 Å². The van der Waals surface area contributed by atoms with Crippen LogP contribution in [0.25, 0.3) is 0 Å². The van der Waals surface area contributed by atoms with Gasteiger partial charge in [0.2, 0.25) is 6.29 Å². The van der Waals surface area contributed by atoms with Gasteiger partial charge in [0.15, 0.2) is 0 Å². The number of cyclic esters (lactones) is 1. The van der Waals surface area contributed by atoms with Crippen molar-refractivity contribution in [3.63, 3.8) is 0 Å². The van der Waals surface area contributed by atoms with Gasteiger partial charge in [-0.1, -0.05) is 64.9 Å². The zero-order valence-electron chi connectivity index (χ0n) is 14.7. The predicted molar refractivity (Wildman–Crippen MR) is 96.3 cm³/mol. The van der Waals surface area contributed by atoms with Crippen LogP contribution < -0.4 is 0 Å². The third-order valence-electron chi connectivity index (χ3n) is 3.77. The number of hydrogen-bond donors (Lipinski definition) is 2. The van der Waals surface area contributed by atoms with E-state index < -0.39 is 12.3 Å². The number of rotatable bonds is 2. The Hall–Kier alpha value is -1.17. The van der Waals surface area contributed by atoms with E-state index in [4.69, 9.17) is 16.3 Å². The fraction of sp³-hybridized carbons (Fsp3) is 0.500. The molecule has 1 aromatic rings. The van der Waals surface area contributed by atoms with E-state index in [0.29, 0.717) is 0 Å². The Morgan fingerprint density at radius 1 is 1.08 bits per heavy atom. The van der Waals surface area contributed by atoms with E-state index in [1.165, 1.54) is 11.8 Å². The number of aliphatic hydroxyl groups is 1. The molecule has 1 atom stereocenters. The van der Waals surface area contributed by atoms with Gasteiger partial charge in [-0.25, -0.2) is 4.79 Å². The molecule has 4 nitrogen and oxygen atoms in total. The molecule has 0 bridgehead atoms. The van der Waals surface area contributed by atoms with Gasteiger partial charge >= 0.3 is 5.97 Å². The number of ether oxygens (including phenoxy) is 1. The van der Waals surface area contributed by atoms with Crippen molar-refractivity contribution in [3.05, 3.63) is 33.2 Å². The summed E-state index contributed by atoms with van der Waals surface area (Å²) in [5, 5.41) is 20.5. The quantitative estimate of drug-likeness (QED) is 0.755. The van der Waals surface area contributed by atoms with Gasteiger partial charge in [0.05, 0.1) is 4.91 Å². The van der Waals surface area contributed by atoms with Crippen molar-refractivity contribution in [3.8, 4) is 5.75 Å². The third-order valence-corrected chi connectivity index (χ3v) is 5.33. The van der Waals surface area contributed by atoms with Crippen LogP contribution >= 0.6 is 23.4 Å². The highest BCUT2D eigenvalue weighted by molar-refractivity contribution is 8.03. The molecule has 1 aliphatic heterocycles. The minimum atomic E-state index is -1.35. The lowest BCUT2D eigenvalue weighted by atomic mass is 9.79. The summed E-state index contributed by atoms with van der Waals surface area (Å²) < 4.78 is 4.72. The van der Waals surface area contributed by atoms with Gasteiger partial charge in [-0.05, 0) is 23.0 Å². The molecule has 0 fully saturated rings. The van der Waals surface area contributed by atoms with E-state index >= 15 is 0 Å². The lowest BCUT2D eigenvalue weighted by Gasteiger charge is -2.28. The lowest BCUT2D eigenvalue weighted by Crippen LogP contribution is -2.17. The lowest BCUT2D eigenvalue weighted by molar-refractivity contribution is -0.150. The largest absolute Gasteiger partial charge is 0.507 e. The highest BCUT2D eigenvalue weighted by Crippen LogP contribution is 2.45. The molecule has 0 radical (unpaired) electrons. The standard InChI is InChI=1S/C18H23ClO4S/c1-17(2,3)10-7-9(8-11(13(10)20)18(4,5)6)24-14-12(19)15(21)23-16(14)22/h7-8,16,20,22H,1-6H3. The number of phenolic OH excluding ortho intramolecular Hbond substituents is 1. The molecule has 0 aliphatic carbocycles. The zero-order chi connectivity index (χ0) is 18.4. The SMILES string of the molecule is CC(C)(C)c1cc(SC2=C(Cl)C(=O)OC2O)cc(C(C)(C)C)c1O. The number of benzene rings is 1. The fourth-order valence-corrected chi connectivity index (χ4v) is 3.63. The van der Waals surface area contributed by atoms with Gasteiger partial charge in [-0.15, -0.1) is 0 Å². The summed E-state index contributed by atoms with van der Waals surface area (Å²) >= 11 is 7.12. The van der Waals surface area contributed by atoms with Crippen molar-refractivity contribution in [2.45, 2.75) is 63.6 Å². The summed E-state index contributed by atoms with van der Waals surface area (Å²) in [7, 11) is 0. The topological polar surface area (TPSA) is 66.8 Å². The zero-order valence-corrected chi connectivity index (χ0v) is 16.3. The second-order valence-corrected chi connectivity index (χ2v) is 9.40. The summed E-state index contributed by atoms with van der Waals surface area (Å²) in [5.41, 5.74) is 1.07. The fourth-order valence-electron chi connectivity index (χ4n) is 2.45. The molecule has 6 heteroatoms. The molecule has 24 heavy (non-hydrogen) atoms. The van der Waals surface area contributed by atoms with Crippen LogP contribution in [-0.4, -0.2) is 22.5 Å². The average molecular weight is 371 g/mol. The van der Waals surface area contributed by atoms with Crippen LogP contribution in [0.1, 0.15) is 52.7 Å². The van der Waals surface area contributed by atoms with Crippen LogP contribution in [0.15, 0.2) is 27.0 Å². The molecule has 1 aliphatic rings. The Morgan fingerprint density at radius 3 is 1.88 bits per heavy atom. The number of halogens is 1. The number of hydrogen-bond acceptors (Lipinski definition) is 5. The molecule has 1 unspecified atom stereocenters. The number of aliphatic hydroxyl groups excluding tert-OH is 1. The van der Waals surface area contributed by atoms with E-state index in [2.05, 4.69) is 0 Å². The first-order valence-corrected chi connectivity index (χ1v) is 8.86. The summed E-state index contributed by atoms with van der Waals surface area (Å²) in [6.45, 7) is 12.1. The van der Waals surface area contributed by atoms with Crippen molar-refractivity contribution in [1.82, 2.24) is 0 Å². The Bertz CT molecular complexity index is 676.